The molecule has 1 amide bonds. The minimum atomic E-state index is -0.452. The lowest BCUT2D eigenvalue weighted by Crippen LogP contribution is -2.35. The van der Waals surface area contributed by atoms with Gasteiger partial charge in [0.15, 0.2) is 0 Å². The van der Waals surface area contributed by atoms with Crippen LogP contribution in [-0.4, -0.2) is 32.3 Å². The third-order valence-electron chi connectivity index (χ3n) is 3.10. The van der Waals surface area contributed by atoms with Gasteiger partial charge >= 0.3 is 0 Å². The van der Waals surface area contributed by atoms with E-state index in [9.17, 15) is 4.79 Å². The molecule has 0 fully saturated rings. The highest BCUT2D eigenvalue weighted by atomic mass is 16.5. The lowest BCUT2D eigenvalue weighted by Gasteiger charge is -2.12. The van der Waals surface area contributed by atoms with Gasteiger partial charge in [0.25, 0.3) is 0 Å². The van der Waals surface area contributed by atoms with E-state index in [0.717, 1.165) is 24.1 Å². The molecule has 5 nitrogen and oxygen atoms in total. The van der Waals surface area contributed by atoms with E-state index in [4.69, 9.17) is 15.2 Å². The summed E-state index contributed by atoms with van der Waals surface area (Å²) in [6, 6.07) is 7.15. The average molecular weight is 294 g/mol. The zero-order valence-electron chi connectivity index (χ0n) is 12.9. The highest BCUT2D eigenvalue weighted by Gasteiger charge is 2.12. The zero-order chi connectivity index (χ0) is 15.5. The Balaban J connectivity index is 2.46. The smallest absolute Gasteiger partial charge is 0.241 e. The summed E-state index contributed by atoms with van der Waals surface area (Å²) in [7, 11) is 1.64. The van der Waals surface area contributed by atoms with Gasteiger partial charge < -0.3 is 20.5 Å². The number of nitrogens with two attached hydrogens (primary N) is 1. The van der Waals surface area contributed by atoms with Gasteiger partial charge in [-0.3, -0.25) is 4.79 Å². The van der Waals surface area contributed by atoms with E-state index in [1.807, 2.05) is 24.3 Å². The van der Waals surface area contributed by atoms with Gasteiger partial charge in [-0.05, 0) is 24.1 Å². The monoisotopic (exact) mass is 294 g/mol. The van der Waals surface area contributed by atoms with Gasteiger partial charge in [-0.25, -0.2) is 0 Å². The van der Waals surface area contributed by atoms with Crippen LogP contribution in [0.2, 0.25) is 0 Å². The van der Waals surface area contributed by atoms with Crippen LogP contribution in [0.5, 0.6) is 0 Å². The Kier molecular flexibility index (Phi) is 8.66. The number of hydrogen-bond acceptors (Lipinski definition) is 4. The van der Waals surface area contributed by atoms with E-state index in [1.54, 1.807) is 7.11 Å². The molecular weight excluding hydrogens is 268 g/mol. The van der Waals surface area contributed by atoms with E-state index in [1.165, 1.54) is 0 Å². The summed E-state index contributed by atoms with van der Waals surface area (Å²) in [4.78, 5) is 11.9. The molecular formula is C16H26N2O3. The van der Waals surface area contributed by atoms with Crippen molar-refractivity contribution in [3.05, 3.63) is 29.8 Å². The summed E-state index contributed by atoms with van der Waals surface area (Å²) in [5, 5.41) is 2.85. The second kappa shape index (κ2) is 10.3. The molecule has 0 radical (unpaired) electrons. The maximum absolute atomic E-state index is 11.9. The van der Waals surface area contributed by atoms with Gasteiger partial charge in [0, 0.05) is 12.8 Å². The number of carbonyl (C=O) groups excluding carboxylic acids is 1. The summed E-state index contributed by atoms with van der Waals surface area (Å²) in [6.45, 7) is 3.70. The van der Waals surface area contributed by atoms with Crippen molar-refractivity contribution in [2.24, 2.45) is 5.73 Å². The lowest BCUT2D eigenvalue weighted by atomic mass is 10.1. The molecule has 0 aromatic heterocycles. The number of ether oxygens (including phenoxy) is 2. The molecule has 3 N–H and O–H groups in total. The highest BCUT2D eigenvalue weighted by Crippen LogP contribution is 2.12. The van der Waals surface area contributed by atoms with Crippen molar-refractivity contribution in [1.29, 1.82) is 0 Å². The summed E-state index contributed by atoms with van der Waals surface area (Å²) in [5.74, 6) is -0.138. The Bertz CT molecular complexity index is 424. The van der Waals surface area contributed by atoms with Gasteiger partial charge in [0.2, 0.25) is 5.91 Å². The van der Waals surface area contributed by atoms with Crippen LogP contribution < -0.4 is 11.1 Å². The molecule has 0 saturated heterocycles. The summed E-state index contributed by atoms with van der Waals surface area (Å²) in [5.41, 5.74) is 7.61. The van der Waals surface area contributed by atoms with E-state index in [2.05, 4.69) is 12.2 Å². The number of anilines is 1. The van der Waals surface area contributed by atoms with Gasteiger partial charge in [0.1, 0.15) is 0 Å². The van der Waals surface area contributed by atoms with E-state index < -0.39 is 6.04 Å². The minimum absolute atomic E-state index is 0.138. The second-order valence-electron chi connectivity index (χ2n) is 4.98. The number of carbonyl (C=O) groups is 1. The Morgan fingerprint density at radius 1 is 1.38 bits per heavy atom. The van der Waals surface area contributed by atoms with Crippen LogP contribution >= 0.6 is 0 Å². The van der Waals surface area contributed by atoms with Crippen LogP contribution in [0.4, 0.5) is 5.69 Å². The number of benzene rings is 1. The fourth-order valence-electron chi connectivity index (χ4n) is 1.86. The standard InChI is InChI=1S/C16H26N2O3/c1-3-4-8-15(17)16(19)18-14-7-5-6-13(11-14)12-21-10-9-20-2/h5-7,11,15H,3-4,8-10,12,17H2,1-2H3,(H,18,19). The Labute approximate surface area is 126 Å². The van der Waals surface area contributed by atoms with Gasteiger partial charge in [-0.2, -0.15) is 0 Å². The molecule has 1 aromatic rings. The van der Waals surface area contributed by atoms with Crippen LogP contribution in [-0.2, 0) is 20.9 Å². The maximum Gasteiger partial charge on any atom is 0.241 e. The van der Waals surface area contributed by atoms with Gasteiger partial charge in [0.05, 0.1) is 25.9 Å². The van der Waals surface area contributed by atoms with Crippen molar-refractivity contribution < 1.29 is 14.3 Å². The molecule has 1 unspecified atom stereocenters. The van der Waals surface area contributed by atoms with Crippen molar-refractivity contribution in [1.82, 2.24) is 0 Å². The molecule has 1 rings (SSSR count). The zero-order valence-corrected chi connectivity index (χ0v) is 12.9. The van der Waals surface area contributed by atoms with Crippen molar-refractivity contribution >= 4 is 11.6 Å². The Morgan fingerprint density at radius 2 is 2.19 bits per heavy atom. The molecule has 0 heterocycles. The summed E-state index contributed by atoms with van der Waals surface area (Å²) in [6.07, 6.45) is 2.71. The molecule has 21 heavy (non-hydrogen) atoms. The highest BCUT2D eigenvalue weighted by molar-refractivity contribution is 5.94. The normalized spacial score (nSPS) is 12.1. The number of methoxy groups -OCH3 is 1. The van der Waals surface area contributed by atoms with Crippen molar-refractivity contribution in [2.75, 3.05) is 25.6 Å². The van der Waals surface area contributed by atoms with Crippen LogP contribution in [0.15, 0.2) is 24.3 Å². The van der Waals surface area contributed by atoms with E-state index >= 15 is 0 Å². The first-order valence-electron chi connectivity index (χ1n) is 7.39. The maximum atomic E-state index is 11.9. The first kappa shape index (κ1) is 17.6. The van der Waals surface area contributed by atoms with Crippen LogP contribution in [0, 0.1) is 0 Å². The molecule has 118 valence electrons. The molecule has 0 spiro atoms. The van der Waals surface area contributed by atoms with Crippen LogP contribution in [0.1, 0.15) is 31.7 Å². The van der Waals surface area contributed by atoms with E-state index in [-0.39, 0.29) is 5.91 Å². The van der Waals surface area contributed by atoms with Gasteiger partial charge in [-0.1, -0.05) is 31.9 Å². The van der Waals surface area contributed by atoms with Crippen molar-refractivity contribution in [2.45, 2.75) is 38.8 Å². The van der Waals surface area contributed by atoms with Crippen LogP contribution in [0.25, 0.3) is 0 Å². The predicted molar refractivity (Wildman–Crippen MR) is 84.1 cm³/mol. The number of rotatable bonds is 10. The molecule has 0 aliphatic carbocycles. The number of unbranched alkanes of at least 4 members (excludes halogenated alkanes) is 1. The third kappa shape index (κ3) is 7.22. The number of hydrogen-bond donors (Lipinski definition) is 2. The first-order chi connectivity index (χ1) is 10.2. The minimum Gasteiger partial charge on any atom is -0.382 e. The molecule has 0 bridgehead atoms. The molecule has 5 heteroatoms. The average Bonchev–Trinajstić information content (AvgIpc) is 2.49. The molecule has 1 aromatic carbocycles. The summed E-state index contributed by atoms with van der Waals surface area (Å²) < 4.78 is 10.4. The van der Waals surface area contributed by atoms with E-state index in [0.29, 0.717) is 26.2 Å². The largest absolute Gasteiger partial charge is 0.382 e. The molecule has 0 aliphatic rings. The van der Waals surface area contributed by atoms with Gasteiger partial charge in [-0.15, -0.1) is 0 Å². The number of nitrogens with one attached hydrogen (secondary N) is 1. The fourth-order valence-corrected chi connectivity index (χ4v) is 1.86. The van der Waals surface area contributed by atoms with Crippen molar-refractivity contribution in [3.63, 3.8) is 0 Å². The molecule has 1 atom stereocenters. The Hall–Kier alpha value is -1.43. The third-order valence-corrected chi connectivity index (χ3v) is 3.10. The van der Waals surface area contributed by atoms with Crippen LogP contribution in [0.3, 0.4) is 0 Å². The first-order valence-corrected chi connectivity index (χ1v) is 7.39. The SMILES string of the molecule is CCCCC(N)C(=O)Nc1cccc(COCCOC)c1. The van der Waals surface area contributed by atoms with Crippen molar-refractivity contribution in [3.8, 4) is 0 Å². The topological polar surface area (TPSA) is 73.6 Å². The molecule has 0 aliphatic heterocycles. The number of amides is 1. The fraction of sp³-hybridized carbons (Fsp3) is 0.562. The second-order valence-corrected chi connectivity index (χ2v) is 4.98. The molecule has 0 saturated carbocycles. The Morgan fingerprint density at radius 3 is 2.90 bits per heavy atom. The quantitative estimate of drug-likeness (QED) is 0.649. The predicted octanol–water partition coefficient (Wildman–Crippen LogP) is 2.31. The summed E-state index contributed by atoms with van der Waals surface area (Å²) >= 11 is 0. The lowest BCUT2D eigenvalue weighted by molar-refractivity contribution is -0.117.